The number of carbonyl (C=O) groups is 6. The fraction of sp³-hybridized carbons (Fsp3) is 0.655. The van der Waals surface area contributed by atoms with Crippen molar-refractivity contribution in [3.8, 4) is 22.9 Å². The van der Waals surface area contributed by atoms with Gasteiger partial charge < -0.3 is 98.8 Å². The molecule has 1 aromatic carbocycles. The van der Waals surface area contributed by atoms with Crippen LogP contribution in [0.3, 0.4) is 0 Å². The molecule has 0 unspecified atom stereocenters. The monoisotopic (exact) mass is 1210 g/mol. The van der Waals surface area contributed by atoms with E-state index in [1.165, 1.54) is 11.5 Å². The van der Waals surface area contributed by atoms with Crippen LogP contribution >= 0.6 is 0 Å². The molecule has 2 aromatic heterocycles. The Morgan fingerprint density at radius 1 is 0.709 bits per heavy atom. The number of pyridine rings is 2. The Bertz CT molecular complexity index is 2810. The lowest BCUT2D eigenvalue weighted by Gasteiger charge is -2.29. The first-order valence-corrected chi connectivity index (χ1v) is 29.1. The van der Waals surface area contributed by atoms with Gasteiger partial charge in [-0.05, 0) is 70.6 Å². The summed E-state index contributed by atoms with van der Waals surface area (Å²) < 4.78 is 67.0. The van der Waals surface area contributed by atoms with Crippen molar-refractivity contribution >= 4 is 46.6 Å². The molecule has 0 spiro atoms. The average molecular weight is 1220 g/mol. The number of fused-ring (bicyclic) bond motifs is 6. The lowest BCUT2D eigenvalue weighted by atomic mass is 9.89. The Hall–Kier alpha value is -6.60. The Balaban J connectivity index is 0.934. The summed E-state index contributed by atoms with van der Waals surface area (Å²) in [5, 5.41) is 25.4. The van der Waals surface area contributed by atoms with Crippen LogP contribution in [0.15, 0.2) is 23.0 Å². The Morgan fingerprint density at radius 2 is 1.28 bits per heavy atom. The number of hydrogen-bond acceptors (Lipinski definition) is 22. The second kappa shape index (κ2) is 34.7. The summed E-state index contributed by atoms with van der Waals surface area (Å²) in [4.78, 5) is 98.3. The summed E-state index contributed by atoms with van der Waals surface area (Å²) >= 11 is 0. The third-order valence-corrected chi connectivity index (χ3v) is 13.6. The fourth-order valence-electron chi connectivity index (χ4n) is 9.22. The Kier molecular flexibility index (Phi) is 27.6. The molecule has 3 aliphatic heterocycles. The van der Waals surface area contributed by atoms with Gasteiger partial charge in [-0.2, -0.15) is 0 Å². The van der Waals surface area contributed by atoms with Crippen molar-refractivity contribution in [1.29, 1.82) is 0 Å². The molecule has 0 aliphatic carbocycles. The van der Waals surface area contributed by atoms with Crippen molar-refractivity contribution in [2.75, 3.05) is 132 Å². The quantitative estimate of drug-likeness (QED) is 0.0241. The molecule has 0 saturated carbocycles. The summed E-state index contributed by atoms with van der Waals surface area (Å²) in [7, 11) is 0. The van der Waals surface area contributed by atoms with Gasteiger partial charge in [0.25, 0.3) is 5.56 Å². The fourth-order valence-corrected chi connectivity index (χ4v) is 9.22. The van der Waals surface area contributed by atoms with Crippen molar-refractivity contribution in [3.05, 3.63) is 50.8 Å². The molecule has 6 rings (SSSR count). The van der Waals surface area contributed by atoms with E-state index in [1.54, 1.807) is 52.8 Å². The van der Waals surface area contributed by atoms with Gasteiger partial charge in [-0.1, -0.05) is 13.8 Å². The largest absolute Gasteiger partial charge is 0.458 e. The highest BCUT2D eigenvalue weighted by molar-refractivity contribution is 5.94. The predicted octanol–water partition coefficient (Wildman–Crippen LogP) is 0.953. The standard InChI is InChI=1S/C58H86N8O20/c1-37(2)50(65-48(67)10-13-75-15-17-77-19-21-79-23-25-81-27-28-82-26-24-80-22-20-78-18-16-76-14-11-59)53(70)64-43(9-7-8-12-60-56(73)86-57(3,4)5)52(69)62-33-49(68)61-32-39-38-29-46-47(85-36-84-46)31-44(38)63-51-40(39)34-66-45(51)30-42-41(54(66)71)35-83-55(72)58(42,6)74/h29-31,37,43,50,74H,7-28,32-36,59H2,1-6H3,(H,60,73)(H,61,68)(H,62,69)(H,64,70)(H,65,67)/t43-,50-,58-/m0/s1. The van der Waals surface area contributed by atoms with Crippen molar-refractivity contribution in [3.63, 3.8) is 0 Å². The maximum Gasteiger partial charge on any atom is 0.407 e. The van der Waals surface area contributed by atoms with Crippen LogP contribution in [0.5, 0.6) is 11.5 Å². The van der Waals surface area contributed by atoms with Crippen LogP contribution in [0.2, 0.25) is 0 Å². The van der Waals surface area contributed by atoms with Gasteiger partial charge in [0.1, 0.15) is 24.3 Å². The lowest BCUT2D eigenvalue weighted by molar-refractivity contribution is -0.169. The molecule has 5 amide bonds. The van der Waals surface area contributed by atoms with E-state index in [9.17, 15) is 38.7 Å². The van der Waals surface area contributed by atoms with Gasteiger partial charge >= 0.3 is 12.1 Å². The van der Waals surface area contributed by atoms with Crippen LogP contribution in [-0.4, -0.2) is 200 Å². The molecular formula is C58H86N8O20. The van der Waals surface area contributed by atoms with Crippen LogP contribution in [0.25, 0.3) is 22.3 Å². The minimum Gasteiger partial charge on any atom is -0.458 e. The van der Waals surface area contributed by atoms with E-state index in [1.807, 2.05) is 0 Å². The van der Waals surface area contributed by atoms with Crippen LogP contribution in [-0.2, 0) is 96.6 Å². The number of hydrogen-bond donors (Lipinski definition) is 7. The third-order valence-electron chi connectivity index (χ3n) is 13.6. The number of ether oxygens (including phenoxy) is 12. The van der Waals surface area contributed by atoms with Gasteiger partial charge in [-0.25, -0.2) is 14.6 Å². The van der Waals surface area contributed by atoms with E-state index < -0.39 is 77.0 Å². The first-order chi connectivity index (χ1) is 41.3. The zero-order valence-electron chi connectivity index (χ0n) is 50.2. The first kappa shape index (κ1) is 68.5. The van der Waals surface area contributed by atoms with Crippen LogP contribution in [0.1, 0.15) is 89.5 Å². The second-order valence-electron chi connectivity index (χ2n) is 21.8. The lowest BCUT2D eigenvalue weighted by Crippen LogP contribution is -2.56. The zero-order valence-corrected chi connectivity index (χ0v) is 50.2. The van der Waals surface area contributed by atoms with Gasteiger partial charge in [0.05, 0.1) is 141 Å². The van der Waals surface area contributed by atoms with Crippen LogP contribution in [0.4, 0.5) is 4.79 Å². The number of unbranched alkanes of at least 4 members (excludes halogenated alkanes) is 1. The number of benzene rings is 1. The summed E-state index contributed by atoms with van der Waals surface area (Å²) in [5.74, 6) is -2.74. The van der Waals surface area contributed by atoms with E-state index in [-0.39, 0.29) is 76.8 Å². The van der Waals surface area contributed by atoms with E-state index in [2.05, 4.69) is 26.6 Å². The number of alkyl carbamates (subject to hydrolysis) is 1. The van der Waals surface area contributed by atoms with Crippen LogP contribution in [0, 0.1) is 5.92 Å². The number of amides is 5. The smallest absolute Gasteiger partial charge is 0.407 e. The molecule has 5 heterocycles. The van der Waals surface area contributed by atoms with Gasteiger partial charge in [-0.3, -0.25) is 24.0 Å². The number of aromatic nitrogens is 2. The summed E-state index contributed by atoms with van der Waals surface area (Å²) in [6.07, 6.45) is 0.216. The number of nitrogens with zero attached hydrogens (tertiary/aromatic N) is 2. The van der Waals surface area contributed by atoms with Crippen molar-refractivity contribution in [2.24, 2.45) is 11.7 Å². The molecule has 3 atom stereocenters. The molecule has 0 saturated heterocycles. The molecule has 3 aliphatic rings. The summed E-state index contributed by atoms with van der Waals surface area (Å²) in [6.45, 7) is 16.1. The molecule has 478 valence electrons. The normalized spacial score (nSPS) is 15.6. The summed E-state index contributed by atoms with van der Waals surface area (Å²) in [6, 6.07) is 2.79. The number of nitrogens with one attached hydrogen (secondary N) is 5. The van der Waals surface area contributed by atoms with E-state index >= 15 is 0 Å². The van der Waals surface area contributed by atoms with Crippen LogP contribution < -0.4 is 47.4 Å². The van der Waals surface area contributed by atoms with Crippen molar-refractivity contribution in [1.82, 2.24) is 36.1 Å². The van der Waals surface area contributed by atoms with Gasteiger partial charge in [0.15, 0.2) is 17.1 Å². The first-order valence-electron chi connectivity index (χ1n) is 29.1. The average Bonchev–Trinajstić information content (AvgIpc) is 1.55. The molecule has 86 heavy (non-hydrogen) atoms. The minimum absolute atomic E-state index is 0.0162. The molecule has 28 nitrogen and oxygen atoms in total. The highest BCUT2D eigenvalue weighted by Crippen LogP contribution is 2.42. The third kappa shape index (κ3) is 21.1. The SMILES string of the molecule is CC(C)[C@H](NC(=O)CCOCCOCCOCCOCCOCCOCCOCCOCCN)C(=O)N[C@@H](CCCCNC(=O)OC(C)(C)C)C(=O)NCC(=O)NCc1c2c(nc3cc4c(cc13)OCO4)-c1cc3c(c(=O)n1C2)COC(=O)[C@@]3(C)O. The highest BCUT2D eigenvalue weighted by atomic mass is 16.7. The molecular weight excluding hydrogens is 1130 g/mol. The molecule has 0 bridgehead atoms. The van der Waals surface area contributed by atoms with Crippen molar-refractivity contribution in [2.45, 2.75) is 110 Å². The molecule has 0 radical (unpaired) electrons. The number of nitrogens with two attached hydrogens (primary N) is 1. The van der Waals surface area contributed by atoms with E-state index in [0.717, 1.165) is 0 Å². The number of rotatable bonds is 40. The number of cyclic esters (lactones) is 1. The molecule has 0 fully saturated rings. The second-order valence-corrected chi connectivity index (χ2v) is 21.8. The maximum absolute atomic E-state index is 14.0. The van der Waals surface area contributed by atoms with E-state index in [4.69, 9.17) is 67.6 Å². The molecule has 28 heteroatoms. The van der Waals surface area contributed by atoms with Gasteiger partial charge in [0.2, 0.25) is 30.4 Å². The predicted molar refractivity (Wildman–Crippen MR) is 308 cm³/mol. The minimum atomic E-state index is -2.08. The Morgan fingerprint density at radius 3 is 1.85 bits per heavy atom. The highest BCUT2D eigenvalue weighted by Gasteiger charge is 2.43. The van der Waals surface area contributed by atoms with Gasteiger partial charge in [0, 0.05) is 48.6 Å². The Labute approximate surface area is 499 Å². The number of esters is 1. The van der Waals surface area contributed by atoms with E-state index in [0.29, 0.717) is 150 Å². The maximum atomic E-state index is 14.0. The van der Waals surface area contributed by atoms with Crippen molar-refractivity contribution < 1.29 is 90.7 Å². The molecule has 8 N–H and O–H groups in total. The topological polar surface area (TPSA) is 354 Å². The van der Waals surface area contributed by atoms with Gasteiger partial charge in [-0.15, -0.1) is 0 Å². The number of carbonyl (C=O) groups excluding carboxylic acids is 6. The summed E-state index contributed by atoms with van der Waals surface area (Å²) in [5.41, 5.74) is 4.73. The number of aliphatic hydroxyl groups is 1. The zero-order chi connectivity index (χ0) is 62.1. The molecule has 3 aromatic rings.